The molecule has 0 atom stereocenters. The van der Waals surface area contributed by atoms with Gasteiger partial charge in [-0.2, -0.15) is 0 Å². The van der Waals surface area contributed by atoms with Crippen LogP contribution in [0.15, 0.2) is 0 Å². The zero-order valence-electron chi connectivity index (χ0n) is 11.5. The summed E-state index contributed by atoms with van der Waals surface area (Å²) in [4.78, 5) is 0. The molecule has 0 bridgehead atoms. The Balaban J connectivity index is 0. The molecule has 5 nitrogen and oxygen atoms in total. The molecule has 0 aromatic carbocycles. The molecule has 106 valence electrons. The molecule has 0 radical (unpaired) electrons. The summed E-state index contributed by atoms with van der Waals surface area (Å²) in [5.41, 5.74) is 0. The van der Waals surface area contributed by atoms with Gasteiger partial charge in [0.1, 0.15) is 0 Å². The standard InChI is InChI=1S/C11H26N.H2O4S/c1-5-9-10-11-12(6-2,7-3)8-4;1-5(2,3)4/h5-11H2,1-4H3;(H2,1,2,3,4)/q+1;/p-1. The summed E-state index contributed by atoms with van der Waals surface area (Å²) in [5, 5.41) is 0. The summed E-state index contributed by atoms with van der Waals surface area (Å²) in [6, 6.07) is 0. The minimum absolute atomic E-state index is 1.30. The van der Waals surface area contributed by atoms with E-state index in [9.17, 15) is 0 Å². The van der Waals surface area contributed by atoms with Gasteiger partial charge >= 0.3 is 0 Å². The van der Waals surface area contributed by atoms with E-state index < -0.39 is 10.4 Å². The highest BCUT2D eigenvalue weighted by Crippen LogP contribution is 2.09. The molecule has 0 aromatic heterocycles. The largest absolute Gasteiger partial charge is 0.726 e. The molecule has 0 saturated heterocycles. The number of quaternary nitrogens is 1. The molecule has 6 heteroatoms. The van der Waals surface area contributed by atoms with Crippen LogP contribution in [0.5, 0.6) is 0 Å². The molecule has 17 heavy (non-hydrogen) atoms. The van der Waals surface area contributed by atoms with Crippen LogP contribution in [0.3, 0.4) is 0 Å². The van der Waals surface area contributed by atoms with Crippen LogP contribution in [0.1, 0.15) is 47.0 Å². The van der Waals surface area contributed by atoms with Crippen molar-refractivity contribution >= 4 is 10.4 Å². The van der Waals surface area contributed by atoms with E-state index in [2.05, 4.69) is 27.7 Å². The van der Waals surface area contributed by atoms with Crippen LogP contribution in [-0.4, -0.2) is 48.2 Å². The van der Waals surface area contributed by atoms with Crippen molar-refractivity contribution in [1.82, 2.24) is 0 Å². The second-order valence-corrected chi connectivity index (χ2v) is 5.00. The molecule has 0 fully saturated rings. The van der Waals surface area contributed by atoms with Crippen LogP contribution in [0, 0.1) is 0 Å². The predicted molar refractivity (Wildman–Crippen MR) is 68.6 cm³/mol. The molecule has 0 aliphatic carbocycles. The molecule has 0 aliphatic rings. The highest BCUT2D eigenvalue weighted by molar-refractivity contribution is 7.79. The Hall–Kier alpha value is -0.170. The molecule has 0 saturated carbocycles. The van der Waals surface area contributed by atoms with Gasteiger partial charge in [0.2, 0.25) is 10.4 Å². The van der Waals surface area contributed by atoms with Crippen molar-refractivity contribution < 1.29 is 22.0 Å². The van der Waals surface area contributed by atoms with Crippen LogP contribution in [0.2, 0.25) is 0 Å². The lowest BCUT2D eigenvalue weighted by Gasteiger charge is -2.35. The van der Waals surface area contributed by atoms with Gasteiger partial charge in [-0.1, -0.05) is 13.3 Å². The minimum atomic E-state index is -4.92. The first-order valence-corrected chi connectivity index (χ1v) is 7.64. The smallest absolute Gasteiger partial charge is 0.215 e. The quantitative estimate of drug-likeness (QED) is 0.332. The molecule has 1 N–H and O–H groups in total. The van der Waals surface area contributed by atoms with Gasteiger partial charge in [0.15, 0.2) is 0 Å². The third kappa shape index (κ3) is 13.8. The van der Waals surface area contributed by atoms with E-state index in [0.29, 0.717) is 0 Å². The first-order chi connectivity index (χ1) is 7.74. The van der Waals surface area contributed by atoms with Gasteiger partial charge in [0.25, 0.3) is 0 Å². The fraction of sp³-hybridized carbons (Fsp3) is 1.00. The second kappa shape index (κ2) is 9.82. The molecule has 0 spiro atoms. The lowest BCUT2D eigenvalue weighted by molar-refractivity contribution is -0.923. The lowest BCUT2D eigenvalue weighted by atomic mass is 10.2. The van der Waals surface area contributed by atoms with Crippen molar-refractivity contribution in [3.8, 4) is 0 Å². The van der Waals surface area contributed by atoms with Gasteiger partial charge < -0.3 is 9.04 Å². The Bertz CT molecular complexity index is 244. The van der Waals surface area contributed by atoms with Crippen molar-refractivity contribution in [3.63, 3.8) is 0 Å². The van der Waals surface area contributed by atoms with E-state index >= 15 is 0 Å². The van der Waals surface area contributed by atoms with Gasteiger partial charge in [-0.3, -0.25) is 4.55 Å². The zero-order valence-corrected chi connectivity index (χ0v) is 12.3. The van der Waals surface area contributed by atoms with E-state index in [1.807, 2.05) is 0 Å². The van der Waals surface area contributed by atoms with Crippen molar-refractivity contribution in [1.29, 1.82) is 0 Å². The van der Waals surface area contributed by atoms with E-state index in [1.54, 1.807) is 0 Å². The fourth-order valence-electron chi connectivity index (χ4n) is 1.84. The fourth-order valence-corrected chi connectivity index (χ4v) is 1.84. The first kappa shape index (κ1) is 19.2. The topological polar surface area (TPSA) is 77.4 Å². The van der Waals surface area contributed by atoms with Crippen molar-refractivity contribution in [2.24, 2.45) is 0 Å². The summed E-state index contributed by atoms with van der Waals surface area (Å²) in [7, 11) is -4.92. The second-order valence-electron chi connectivity index (χ2n) is 4.15. The van der Waals surface area contributed by atoms with Crippen LogP contribution < -0.4 is 0 Å². The van der Waals surface area contributed by atoms with Gasteiger partial charge in [0, 0.05) is 0 Å². The van der Waals surface area contributed by atoms with Gasteiger partial charge in [-0.25, -0.2) is 8.42 Å². The first-order valence-electron chi connectivity index (χ1n) is 6.28. The number of nitrogens with zero attached hydrogens (tertiary/aromatic N) is 1. The molecule has 0 unspecified atom stereocenters. The van der Waals surface area contributed by atoms with E-state index in [1.165, 1.54) is 49.9 Å². The van der Waals surface area contributed by atoms with Crippen LogP contribution in [0.25, 0.3) is 0 Å². The Morgan fingerprint density at radius 2 is 1.35 bits per heavy atom. The summed E-state index contributed by atoms with van der Waals surface area (Å²) in [5.74, 6) is 0. The van der Waals surface area contributed by atoms with Gasteiger partial charge in [0.05, 0.1) is 26.2 Å². The summed E-state index contributed by atoms with van der Waals surface area (Å²) in [6.07, 6.45) is 4.16. The number of unbranched alkanes of at least 4 members (excludes halogenated alkanes) is 2. The van der Waals surface area contributed by atoms with Crippen LogP contribution >= 0.6 is 0 Å². The maximum atomic E-state index is 8.63. The molecule has 0 amide bonds. The van der Waals surface area contributed by atoms with Crippen LogP contribution in [-0.2, 0) is 10.4 Å². The summed E-state index contributed by atoms with van der Waals surface area (Å²) >= 11 is 0. The molecular weight excluding hydrogens is 242 g/mol. The average Bonchev–Trinajstić information content (AvgIpc) is 2.23. The highest BCUT2D eigenvalue weighted by atomic mass is 32.3. The van der Waals surface area contributed by atoms with E-state index in [4.69, 9.17) is 17.5 Å². The van der Waals surface area contributed by atoms with Crippen molar-refractivity contribution in [2.45, 2.75) is 47.0 Å². The normalized spacial score (nSPS) is 11.9. The number of hydrogen-bond acceptors (Lipinski definition) is 3. The van der Waals surface area contributed by atoms with Gasteiger partial charge in [-0.05, 0) is 33.6 Å². The highest BCUT2D eigenvalue weighted by Gasteiger charge is 2.18. The third-order valence-corrected chi connectivity index (χ3v) is 3.25. The SMILES string of the molecule is CCCCC[N+](CC)(CC)CC.O=S(=O)([O-])O. The molecule has 0 rings (SSSR count). The maximum Gasteiger partial charge on any atom is 0.215 e. The number of rotatable bonds is 7. The average molecular weight is 269 g/mol. The molecule has 0 aromatic rings. The lowest BCUT2D eigenvalue weighted by Crippen LogP contribution is -2.48. The summed E-state index contributed by atoms with van der Waals surface area (Å²) in [6.45, 7) is 14.5. The Morgan fingerprint density at radius 1 is 1.00 bits per heavy atom. The molecule has 0 heterocycles. The Kier molecular flexibility index (Phi) is 11.1. The van der Waals surface area contributed by atoms with E-state index in [0.717, 1.165) is 0 Å². The monoisotopic (exact) mass is 269 g/mol. The third-order valence-electron chi connectivity index (χ3n) is 3.25. The summed E-state index contributed by atoms with van der Waals surface area (Å²) < 4.78 is 34.2. The van der Waals surface area contributed by atoms with Crippen molar-refractivity contribution in [3.05, 3.63) is 0 Å². The molecule has 0 aliphatic heterocycles. The number of hydrogen-bond donors (Lipinski definition) is 1. The Morgan fingerprint density at radius 3 is 1.59 bits per heavy atom. The van der Waals surface area contributed by atoms with Crippen molar-refractivity contribution in [2.75, 3.05) is 26.2 Å². The maximum absolute atomic E-state index is 8.63. The van der Waals surface area contributed by atoms with E-state index in [-0.39, 0.29) is 0 Å². The molecular formula is C11H27NO4S. The predicted octanol–water partition coefficient (Wildman–Crippen LogP) is 2.06. The Labute approximate surface area is 106 Å². The van der Waals surface area contributed by atoms with Gasteiger partial charge in [-0.15, -0.1) is 0 Å². The van der Waals surface area contributed by atoms with Crippen LogP contribution in [0.4, 0.5) is 0 Å². The minimum Gasteiger partial charge on any atom is -0.726 e. The zero-order chi connectivity index (χ0) is 13.9.